The fraction of sp³-hybridized carbons (Fsp3) is 0.458. The molecule has 2 aromatic rings. The molecule has 2 fully saturated rings. The van der Waals surface area contributed by atoms with Crippen LogP contribution in [-0.4, -0.2) is 42.3 Å². The number of hydrogen-bond acceptors (Lipinski definition) is 4. The van der Waals surface area contributed by atoms with Gasteiger partial charge < -0.3 is 19.5 Å². The van der Waals surface area contributed by atoms with Crippen LogP contribution in [0.5, 0.6) is 11.5 Å². The minimum Gasteiger partial charge on any atom is -0.497 e. The average Bonchev–Trinajstić information content (AvgIpc) is 2.77. The Kier molecular flexibility index (Phi) is 5.69. The smallest absolute Gasteiger partial charge is 0.257 e. The molecule has 1 N–H and O–H groups in total. The van der Waals surface area contributed by atoms with Gasteiger partial charge in [-0.2, -0.15) is 0 Å². The summed E-state index contributed by atoms with van der Waals surface area (Å²) < 4.78 is 25.5. The van der Waals surface area contributed by atoms with E-state index in [9.17, 15) is 14.3 Å². The molecule has 2 aromatic carbocycles. The maximum Gasteiger partial charge on any atom is 0.257 e. The molecule has 1 heterocycles. The predicted molar refractivity (Wildman–Crippen MR) is 111 cm³/mol. The molecule has 5 nitrogen and oxygen atoms in total. The van der Waals surface area contributed by atoms with E-state index in [0.29, 0.717) is 30.9 Å². The molecule has 160 valence electrons. The first-order valence-electron chi connectivity index (χ1n) is 10.5. The quantitative estimate of drug-likeness (QED) is 0.810. The summed E-state index contributed by atoms with van der Waals surface area (Å²) in [7, 11) is 3.18. The SMILES string of the molecule is COc1ccc(OC)c(C2C3CCCCC3(O)CCN2C(=O)c2ccccc2F)c1. The van der Waals surface area contributed by atoms with Gasteiger partial charge in [-0.25, -0.2) is 4.39 Å². The molecule has 30 heavy (non-hydrogen) atoms. The van der Waals surface area contributed by atoms with Gasteiger partial charge in [0, 0.05) is 18.0 Å². The fourth-order valence-corrected chi connectivity index (χ4v) is 5.15. The Morgan fingerprint density at radius 1 is 1.13 bits per heavy atom. The molecule has 1 saturated carbocycles. The molecule has 6 heteroatoms. The summed E-state index contributed by atoms with van der Waals surface area (Å²) in [6, 6.07) is 11.1. The minimum atomic E-state index is -0.844. The number of hydrogen-bond donors (Lipinski definition) is 1. The van der Waals surface area contributed by atoms with Crippen molar-refractivity contribution < 1.29 is 23.8 Å². The summed E-state index contributed by atoms with van der Waals surface area (Å²) in [6.07, 6.45) is 3.94. The third kappa shape index (κ3) is 3.54. The average molecular weight is 413 g/mol. The molecule has 0 aromatic heterocycles. The Bertz CT molecular complexity index is 933. The number of amides is 1. The number of rotatable bonds is 4. The molecule has 2 aliphatic rings. The number of aliphatic hydroxyl groups is 1. The summed E-state index contributed by atoms with van der Waals surface area (Å²) >= 11 is 0. The molecule has 3 atom stereocenters. The van der Waals surface area contributed by atoms with Crippen molar-refractivity contribution in [3.8, 4) is 11.5 Å². The van der Waals surface area contributed by atoms with Crippen molar-refractivity contribution in [3.63, 3.8) is 0 Å². The van der Waals surface area contributed by atoms with Crippen LogP contribution in [0.4, 0.5) is 4.39 Å². The predicted octanol–water partition coefficient (Wildman–Crippen LogP) is 4.35. The van der Waals surface area contributed by atoms with Gasteiger partial charge in [-0.3, -0.25) is 4.79 Å². The van der Waals surface area contributed by atoms with E-state index in [1.54, 1.807) is 37.3 Å². The van der Waals surface area contributed by atoms with Crippen molar-refractivity contribution in [3.05, 3.63) is 59.4 Å². The second-order valence-electron chi connectivity index (χ2n) is 8.24. The monoisotopic (exact) mass is 413 g/mol. The Balaban J connectivity index is 1.84. The molecule has 0 bridgehead atoms. The van der Waals surface area contributed by atoms with Gasteiger partial charge in [-0.1, -0.05) is 25.0 Å². The van der Waals surface area contributed by atoms with E-state index in [1.807, 2.05) is 12.1 Å². The maximum atomic E-state index is 14.5. The van der Waals surface area contributed by atoms with Gasteiger partial charge in [0.15, 0.2) is 0 Å². The first-order chi connectivity index (χ1) is 14.5. The molecule has 1 saturated heterocycles. The first kappa shape index (κ1) is 20.7. The number of benzene rings is 2. The van der Waals surface area contributed by atoms with Crippen LogP contribution in [0.15, 0.2) is 42.5 Å². The number of methoxy groups -OCH3 is 2. The van der Waals surface area contributed by atoms with Gasteiger partial charge in [0.1, 0.15) is 17.3 Å². The third-order valence-electron chi connectivity index (χ3n) is 6.69. The lowest BCUT2D eigenvalue weighted by atomic mass is 9.66. The normalized spacial score (nSPS) is 26.1. The standard InChI is InChI=1S/C24H28FNO4/c1-29-16-10-11-21(30-2)18(15-16)22-19-8-5-6-12-24(19,28)13-14-26(22)23(27)17-7-3-4-9-20(17)25/h3-4,7,9-11,15,19,22,28H,5-6,8,12-14H2,1-2H3. The first-order valence-corrected chi connectivity index (χ1v) is 10.5. The summed E-state index contributed by atoms with van der Waals surface area (Å²) in [6.45, 7) is 0.352. The molecular weight excluding hydrogens is 385 g/mol. The van der Waals surface area contributed by atoms with E-state index in [-0.39, 0.29) is 17.4 Å². The van der Waals surface area contributed by atoms with Crippen molar-refractivity contribution in [2.24, 2.45) is 5.92 Å². The van der Waals surface area contributed by atoms with E-state index in [0.717, 1.165) is 24.8 Å². The van der Waals surface area contributed by atoms with Crippen LogP contribution >= 0.6 is 0 Å². The number of piperidine rings is 1. The third-order valence-corrected chi connectivity index (χ3v) is 6.69. The fourth-order valence-electron chi connectivity index (χ4n) is 5.15. The van der Waals surface area contributed by atoms with Gasteiger partial charge in [-0.15, -0.1) is 0 Å². The number of carbonyl (C=O) groups is 1. The van der Waals surface area contributed by atoms with Crippen LogP contribution in [0, 0.1) is 11.7 Å². The van der Waals surface area contributed by atoms with Gasteiger partial charge in [-0.05, 0) is 49.6 Å². The second kappa shape index (κ2) is 8.26. The van der Waals surface area contributed by atoms with Crippen molar-refractivity contribution in [2.45, 2.75) is 43.7 Å². The second-order valence-corrected chi connectivity index (χ2v) is 8.24. The van der Waals surface area contributed by atoms with Crippen LogP contribution in [-0.2, 0) is 0 Å². The number of carbonyl (C=O) groups excluding carboxylic acids is 1. The highest BCUT2D eigenvalue weighted by Crippen LogP contribution is 2.51. The van der Waals surface area contributed by atoms with E-state index >= 15 is 0 Å². The van der Waals surface area contributed by atoms with Crippen LogP contribution in [0.1, 0.15) is 54.1 Å². The van der Waals surface area contributed by atoms with Crippen molar-refractivity contribution in [1.82, 2.24) is 4.90 Å². The van der Waals surface area contributed by atoms with Crippen LogP contribution < -0.4 is 9.47 Å². The summed E-state index contributed by atoms with van der Waals surface area (Å²) in [5.74, 6) is 0.214. The summed E-state index contributed by atoms with van der Waals surface area (Å²) in [5.41, 5.74) is -0.0135. The minimum absolute atomic E-state index is 0.0469. The van der Waals surface area contributed by atoms with E-state index in [1.165, 1.54) is 12.1 Å². The van der Waals surface area contributed by atoms with Crippen molar-refractivity contribution >= 4 is 5.91 Å². The lowest BCUT2D eigenvalue weighted by Crippen LogP contribution is -2.56. The number of likely N-dealkylation sites (tertiary alicyclic amines) is 1. The Morgan fingerprint density at radius 3 is 2.67 bits per heavy atom. The summed E-state index contributed by atoms with van der Waals surface area (Å²) in [5, 5.41) is 11.5. The van der Waals surface area contributed by atoms with Gasteiger partial charge in [0.25, 0.3) is 5.91 Å². The highest BCUT2D eigenvalue weighted by atomic mass is 19.1. The number of halogens is 1. The molecular formula is C24H28FNO4. The molecule has 0 spiro atoms. The molecule has 3 unspecified atom stereocenters. The largest absolute Gasteiger partial charge is 0.497 e. The highest BCUT2D eigenvalue weighted by Gasteiger charge is 2.51. The molecule has 4 rings (SSSR count). The Morgan fingerprint density at radius 2 is 1.93 bits per heavy atom. The Hall–Kier alpha value is -2.60. The molecule has 1 amide bonds. The highest BCUT2D eigenvalue weighted by molar-refractivity contribution is 5.95. The van der Waals surface area contributed by atoms with Crippen LogP contribution in [0.3, 0.4) is 0 Å². The van der Waals surface area contributed by atoms with Gasteiger partial charge >= 0.3 is 0 Å². The van der Waals surface area contributed by atoms with Crippen molar-refractivity contribution in [1.29, 1.82) is 0 Å². The van der Waals surface area contributed by atoms with E-state index in [2.05, 4.69) is 0 Å². The molecule has 1 aliphatic carbocycles. The molecule has 1 aliphatic heterocycles. The number of ether oxygens (including phenoxy) is 2. The van der Waals surface area contributed by atoms with Crippen LogP contribution in [0.25, 0.3) is 0 Å². The van der Waals surface area contributed by atoms with Crippen molar-refractivity contribution in [2.75, 3.05) is 20.8 Å². The lowest BCUT2D eigenvalue weighted by Gasteiger charge is -2.52. The summed E-state index contributed by atoms with van der Waals surface area (Å²) in [4.78, 5) is 15.2. The van der Waals surface area contributed by atoms with Gasteiger partial charge in [0.2, 0.25) is 0 Å². The lowest BCUT2D eigenvalue weighted by molar-refractivity contribution is -0.115. The zero-order chi connectivity index (χ0) is 21.3. The number of nitrogens with zero attached hydrogens (tertiary/aromatic N) is 1. The topological polar surface area (TPSA) is 59.0 Å². The Labute approximate surface area is 176 Å². The van der Waals surface area contributed by atoms with Gasteiger partial charge in [0.05, 0.1) is 31.4 Å². The number of fused-ring (bicyclic) bond motifs is 1. The maximum absolute atomic E-state index is 14.5. The van der Waals surface area contributed by atoms with E-state index in [4.69, 9.17) is 9.47 Å². The zero-order valence-corrected chi connectivity index (χ0v) is 17.4. The van der Waals surface area contributed by atoms with Crippen LogP contribution in [0.2, 0.25) is 0 Å². The molecule has 0 radical (unpaired) electrons. The van der Waals surface area contributed by atoms with E-state index < -0.39 is 17.5 Å². The zero-order valence-electron chi connectivity index (χ0n) is 17.4.